The lowest BCUT2D eigenvalue weighted by Crippen LogP contribution is -2.15. The quantitative estimate of drug-likeness (QED) is 0.295. The number of H-pyrrole nitrogens is 1. The highest BCUT2D eigenvalue weighted by atomic mass is 32.2. The summed E-state index contributed by atoms with van der Waals surface area (Å²) in [6.45, 7) is 2.67. The van der Waals surface area contributed by atoms with Crippen molar-refractivity contribution in [2.45, 2.75) is 20.0 Å². The number of nitrogens with zero attached hydrogens (tertiary/aromatic N) is 5. The summed E-state index contributed by atoms with van der Waals surface area (Å²) in [6, 6.07) is 17.3. The molecule has 0 fully saturated rings. The Morgan fingerprint density at radius 2 is 1.91 bits per heavy atom. The molecular weight excluding hydrogens is 452 g/mol. The Balaban J connectivity index is 1.41. The molecule has 0 bridgehead atoms. The smallest absolute Gasteiger partial charge is 0.155 e. The van der Waals surface area contributed by atoms with Crippen molar-refractivity contribution in [2.75, 3.05) is 5.32 Å². The van der Waals surface area contributed by atoms with Crippen LogP contribution in [0.3, 0.4) is 0 Å². The maximum atomic E-state index is 10.7. The third kappa shape index (κ3) is 4.86. The second-order valence-electron chi connectivity index (χ2n) is 7.66. The molecule has 0 aliphatic heterocycles. The maximum absolute atomic E-state index is 10.7. The van der Waals surface area contributed by atoms with E-state index in [1.807, 2.05) is 67.7 Å². The molecule has 1 atom stereocenters. The van der Waals surface area contributed by atoms with Gasteiger partial charge in [0.05, 0.1) is 23.6 Å². The average Bonchev–Trinajstić information content (AvgIpc) is 3.48. The second-order valence-corrected chi connectivity index (χ2v) is 8.42. The monoisotopic (exact) mass is 473 g/mol. The van der Waals surface area contributed by atoms with Crippen LogP contribution < -0.4 is 10.0 Å². The third-order valence-electron chi connectivity index (χ3n) is 5.25. The van der Waals surface area contributed by atoms with E-state index in [2.05, 4.69) is 30.1 Å². The molecule has 34 heavy (non-hydrogen) atoms. The van der Waals surface area contributed by atoms with E-state index in [0.29, 0.717) is 6.54 Å². The molecule has 1 aromatic carbocycles. The van der Waals surface area contributed by atoms with Gasteiger partial charge in [-0.25, -0.2) is 19.2 Å². The third-order valence-corrected chi connectivity index (χ3v) is 5.63. The Morgan fingerprint density at radius 3 is 2.71 bits per heavy atom. The Morgan fingerprint density at radius 1 is 1.06 bits per heavy atom. The number of nitrogens with one attached hydrogen (secondary N) is 3. The van der Waals surface area contributed by atoms with Gasteiger partial charge in [-0.05, 0) is 48.9 Å². The van der Waals surface area contributed by atoms with Gasteiger partial charge >= 0.3 is 0 Å². The Kier molecular flexibility index (Phi) is 6.12. The number of aromatic nitrogens is 6. The van der Waals surface area contributed by atoms with Gasteiger partial charge in [-0.3, -0.25) is 9.19 Å². The van der Waals surface area contributed by atoms with Gasteiger partial charge in [0.2, 0.25) is 0 Å². The molecule has 4 heterocycles. The maximum Gasteiger partial charge on any atom is 0.155 e. The number of hydrogen-bond donors (Lipinski definition) is 3. The summed E-state index contributed by atoms with van der Waals surface area (Å²) < 4.78 is 25.4. The van der Waals surface area contributed by atoms with Crippen LogP contribution in [0, 0.1) is 6.92 Å². The van der Waals surface area contributed by atoms with Crippen LogP contribution in [0.15, 0.2) is 67.1 Å². The predicted molar refractivity (Wildman–Crippen MR) is 128 cm³/mol. The van der Waals surface area contributed by atoms with Gasteiger partial charge in [-0.15, -0.1) is 0 Å². The number of aryl methyl sites for hydroxylation is 1. The highest BCUT2D eigenvalue weighted by Crippen LogP contribution is 2.29. The van der Waals surface area contributed by atoms with Crippen LogP contribution in [0.2, 0.25) is 0 Å². The molecule has 1 unspecified atom stereocenters. The molecule has 0 saturated carbocycles. The van der Waals surface area contributed by atoms with Crippen LogP contribution in [-0.2, 0) is 24.4 Å². The van der Waals surface area contributed by atoms with E-state index in [1.54, 1.807) is 4.52 Å². The molecule has 172 valence electrons. The largest absolute Gasteiger partial charge is 0.760 e. The number of fused-ring (bicyclic) bond motifs is 1. The minimum absolute atomic E-state index is 0.251. The summed E-state index contributed by atoms with van der Waals surface area (Å²) in [5.41, 5.74) is 6.74. The van der Waals surface area contributed by atoms with Gasteiger partial charge in [-0.1, -0.05) is 18.2 Å². The van der Waals surface area contributed by atoms with E-state index >= 15 is 0 Å². The first-order valence-electron chi connectivity index (χ1n) is 10.5. The molecule has 3 N–H and O–H groups in total. The van der Waals surface area contributed by atoms with Crippen molar-refractivity contribution in [3.05, 3.63) is 84.2 Å². The lowest BCUT2D eigenvalue weighted by Gasteiger charge is -2.08. The van der Waals surface area contributed by atoms with E-state index in [1.165, 1.54) is 6.33 Å². The number of anilines is 1. The van der Waals surface area contributed by atoms with Crippen molar-refractivity contribution in [3.8, 4) is 22.6 Å². The summed E-state index contributed by atoms with van der Waals surface area (Å²) in [6.07, 6.45) is 3.42. The van der Waals surface area contributed by atoms with Gasteiger partial charge in [0.25, 0.3) is 0 Å². The fourth-order valence-corrected chi connectivity index (χ4v) is 3.89. The number of imidazole rings is 1. The summed E-state index contributed by atoms with van der Waals surface area (Å²) >= 11 is -2.28. The standard InChI is InChI=1S/C23H22N8O2S/c1-15-3-2-4-19(28-15)23-22(17-7-10-21-25-14-26-31(21)13-17)29-20(30-23)12-24-18-8-5-16(6-9-18)11-27-34(32)33/h2-10,13-14,24,27H,11-12H2,1H3,(H,29,30)(H,32,33)/p-1. The molecule has 0 spiro atoms. The average molecular weight is 474 g/mol. The number of aromatic amines is 1. The van der Waals surface area contributed by atoms with Gasteiger partial charge in [0, 0.05) is 41.0 Å². The van der Waals surface area contributed by atoms with Crippen LogP contribution in [0.25, 0.3) is 28.3 Å². The molecular formula is C23H21N8O2S-. The van der Waals surface area contributed by atoms with Gasteiger partial charge < -0.3 is 14.9 Å². The summed E-state index contributed by atoms with van der Waals surface area (Å²) in [5.74, 6) is 0.750. The number of rotatable bonds is 8. The van der Waals surface area contributed by atoms with Crippen LogP contribution >= 0.6 is 0 Å². The normalized spacial score (nSPS) is 12.2. The summed E-state index contributed by atoms with van der Waals surface area (Å²) in [5, 5.41) is 7.58. The summed E-state index contributed by atoms with van der Waals surface area (Å²) in [4.78, 5) is 17.2. The molecule has 0 amide bonds. The first-order chi connectivity index (χ1) is 16.5. The Hall–Kier alpha value is -3.93. The zero-order valence-electron chi connectivity index (χ0n) is 18.2. The van der Waals surface area contributed by atoms with E-state index in [4.69, 9.17) is 4.98 Å². The minimum atomic E-state index is -2.28. The van der Waals surface area contributed by atoms with Crippen molar-refractivity contribution in [2.24, 2.45) is 0 Å². The lowest BCUT2D eigenvalue weighted by molar-refractivity contribution is 0.522. The molecule has 0 radical (unpaired) electrons. The van der Waals surface area contributed by atoms with E-state index < -0.39 is 11.3 Å². The van der Waals surface area contributed by atoms with E-state index in [0.717, 1.165) is 51.1 Å². The first kappa shape index (κ1) is 21.9. The molecule has 0 aliphatic carbocycles. The molecule has 11 heteroatoms. The molecule has 0 aliphatic rings. The van der Waals surface area contributed by atoms with Crippen LogP contribution in [-0.4, -0.2) is 38.3 Å². The molecule has 0 saturated heterocycles. The molecule has 10 nitrogen and oxygen atoms in total. The van der Waals surface area contributed by atoms with Crippen molar-refractivity contribution in [1.82, 2.24) is 34.3 Å². The van der Waals surface area contributed by atoms with E-state index in [-0.39, 0.29) is 6.54 Å². The topological polar surface area (TPSA) is 136 Å². The molecule has 4 aromatic heterocycles. The number of pyridine rings is 2. The highest BCUT2D eigenvalue weighted by molar-refractivity contribution is 7.77. The Labute approximate surface area is 197 Å². The Bertz CT molecular complexity index is 1460. The predicted octanol–water partition coefficient (Wildman–Crippen LogP) is 2.99. The second kappa shape index (κ2) is 9.51. The van der Waals surface area contributed by atoms with Crippen molar-refractivity contribution in [3.63, 3.8) is 0 Å². The molecule has 5 rings (SSSR count). The van der Waals surface area contributed by atoms with Gasteiger partial charge in [0.15, 0.2) is 5.65 Å². The van der Waals surface area contributed by atoms with Gasteiger partial charge in [0.1, 0.15) is 12.2 Å². The highest BCUT2D eigenvalue weighted by Gasteiger charge is 2.16. The van der Waals surface area contributed by atoms with Gasteiger partial charge in [-0.2, -0.15) is 5.10 Å². The first-order valence-corrected chi connectivity index (χ1v) is 11.6. The lowest BCUT2D eigenvalue weighted by atomic mass is 10.1. The van der Waals surface area contributed by atoms with Crippen molar-refractivity contribution in [1.29, 1.82) is 0 Å². The zero-order valence-corrected chi connectivity index (χ0v) is 19.0. The SMILES string of the molecule is Cc1cccc(-c2[nH]c(CNc3ccc(CNS(=O)[O-])cc3)nc2-c2ccc3ncnn3c2)n1. The van der Waals surface area contributed by atoms with E-state index in [9.17, 15) is 8.76 Å². The zero-order chi connectivity index (χ0) is 23.5. The van der Waals surface area contributed by atoms with Crippen molar-refractivity contribution < 1.29 is 8.76 Å². The summed E-state index contributed by atoms with van der Waals surface area (Å²) in [7, 11) is 0. The van der Waals surface area contributed by atoms with Crippen LogP contribution in [0.5, 0.6) is 0 Å². The number of benzene rings is 1. The van der Waals surface area contributed by atoms with Crippen LogP contribution in [0.1, 0.15) is 17.1 Å². The molecule has 5 aromatic rings. The minimum Gasteiger partial charge on any atom is -0.760 e. The van der Waals surface area contributed by atoms with Crippen molar-refractivity contribution >= 4 is 22.6 Å². The fraction of sp³-hybridized carbons (Fsp3) is 0.130. The number of hydrogen-bond acceptors (Lipinski definition) is 7. The fourth-order valence-electron chi connectivity index (χ4n) is 3.61. The van der Waals surface area contributed by atoms with Crippen LogP contribution in [0.4, 0.5) is 5.69 Å².